The second-order valence-electron chi connectivity index (χ2n) is 2.70. The predicted molar refractivity (Wildman–Crippen MR) is 54.7 cm³/mol. The number of benzene rings is 1. The van der Waals surface area contributed by atoms with Crippen molar-refractivity contribution in [3.63, 3.8) is 0 Å². The molecule has 0 atom stereocenters. The fourth-order valence-corrected chi connectivity index (χ4v) is 1.06. The number of aromatic nitrogens is 4. The molecule has 1 aromatic carbocycles. The summed E-state index contributed by atoms with van der Waals surface area (Å²) in [5.74, 6) is 0. The van der Waals surface area contributed by atoms with Gasteiger partial charge < -0.3 is 4.98 Å². The highest BCUT2D eigenvalue weighted by Crippen LogP contribution is 2.03. The zero-order valence-corrected chi connectivity index (χ0v) is 7.51. The van der Waals surface area contributed by atoms with Crippen molar-refractivity contribution in [2.24, 2.45) is 0 Å². The molecule has 3 rings (SSSR count). The molecule has 2 aromatic heterocycles. The van der Waals surface area contributed by atoms with E-state index >= 15 is 0 Å². The van der Waals surface area contributed by atoms with Gasteiger partial charge in [-0.1, -0.05) is 12.1 Å². The minimum Gasteiger partial charge on any atom is -0.368 e. The molecular weight excluding hydrogens is 176 g/mol. The van der Waals surface area contributed by atoms with Crippen LogP contribution in [-0.4, -0.2) is 20.4 Å². The highest BCUT2D eigenvalue weighted by molar-refractivity contribution is 5.72. The van der Waals surface area contributed by atoms with Crippen molar-refractivity contribution in [2.45, 2.75) is 0 Å². The Bertz CT molecular complexity index is 422. The second kappa shape index (κ2) is 4.23. The maximum atomic E-state index is 3.88. The summed E-state index contributed by atoms with van der Waals surface area (Å²) >= 11 is 0. The van der Waals surface area contributed by atoms with Gasteiger partial charge in [0, 0.05) is 12.4 Å². The van der Waals surface area contributed by atoms with Crippen LogP contribution in [-0.2, 0) is 0 Å². The van der Waals surface area contributed by atoms with Crippen molar-refractivity contribution in [1.29, 1.82) is 0 Å². The molecule has 0 aliphatic rings. The quantitative estimate of drug-likeness (QED) is 0.564. The highest BCUT2D eigenvalue weighted by atomic mass is 15.3. The van der Waals surface area contributed by atoms with Crippen LogP contribution in [0.4, 0.5) is 0 Å². The van der Waals surface area contributed by atoms with Gasteiger partial charge in [0.25, 0.3) is 0 Å². The molecule has 0 spiro atoms. The Morgan fingerprint density at radius 1 is 0.786 bits per heavy atom. The van der Waals surface area contributed by atoms with E-state index in [4.69, 9.17) is 0 Å². The number of rotatable bonds is 0. The molecule has 0 saturated heterocycles. The zero-order valence-electron chi connectivity index (χ0n) is 7.51. The van der Waals surface area contributed by atoms with Crippen LogP contribution in [0.25, 0.3) is 11.0 Å². The van der Waals surface area contributed by atoms with E-state index in [1.807, 2.05) is 48.8 Å². The smallest absolute Gasteiger partial charge is 0.112 e. The molecule has 0 aliphatic carbocycles. The van der Waals surface area contributed by atoms with Gasteiger partial charge in [-0.3, -0.25) is 0 Å². The van der Waals surface area contributed by atoms with Crippen LogP contribution < -0.4 is 0 Å². The molecule has 14 heavy (non-hydrogen) atoms. The van der Waals surface area contributed by atoms with Gasteiger partial charge in [-0.25, -0.2) is 0 Å². The van der Waals surface area contributed by atoms with E-state index < -0.39 is 0 Å². The summed E-state index contributed by atoms with van der Waals surface area (Å²) in [7, 11) is 0. The fourth-order valence-electron chi connectivity index (χ4n) is 1.06. The first-order valence-corrected chi connectivity index (χ1v) is 4.30. The normalized spacial score (nSPS) is 9.43. The van der Waals surface area contributed by atoms with Crippen LogP contribution in [0.2, 0.25) is 0 Å². The van der Waals surface area contributed by atoms with Crippen molar-refractivity contribution in [2.75, 3.05) is 0 Å². The van der Waals surface area contributed by atoms with E-state index in [0.29, 0.717) is 0 Å². The fraction of sp³-hybridized carbons (Fsp3) is 0. The molecule has 0 bridgehead atoms. The predicted octanol–water partition coefficient (Wildman–Crippen LogP) is 1.97. The van der Waals surface area contributed by atoms with Gasteiger partial charge in [0.05, 0.1) is 0 Å². The molecule has 0 fully saturated rings. The lowest BCUT2D eigenvalue weighted by atomic mass is 10.3. The number of para-hydroxylation sites is 2. The monoisotopic (exact) mass is 186 g/mol. The lowest BCUT2D eigenvalue weighted by molar-refractivity contribution is 0.959. The van der Waals surface area contributed by atoms with Crippen molar-refractivity contribution in [3.8, 4) is 0 Å². The van der Waals surface area contributed by atoms with Crippen molar-refractivity contribution >= 4 is 11.0 Å². The summed E-state index contributed by atoms with van der Waals surface area (Å²) in [4.78, 5) is 2.86. The molecule has 0 radical (unpaired) electrons. The molecule has 0 unspecified atom stereocenters. The zero-order chi connectivity index (χ0) is 9.64. The number of aromatic amines is 2. The van der Waals surface area contributed by atoms with E-state index in [-0.39, 0.29) is 0 Å². The number of hydrogen-bond donors (Lipinski definition) is 2. The van der Waals surface area contributed by atoms with Crippen molar-refractivity contribution in [3.05, 3.63) is 48.8 Å². The van der Waals surface area contributed by atoms with E-state index in [0.717, 1.165) is 11.0 Å². The number of nitrogens with zero attached hydrogens (tertiary/aromatic N) is 2. The standard InChI is InChI=1S/C6H5N3.C4H5N/c1-2-4-6-5(3-1)7-9-8-6;1-2-4-5-3-1/h1-4H,(H,7,8,9);1-5H. The van der Waals surface area contributed by atoms with Gasteiger partial charge in [0.15, 0.2) is 0 Å². The molecule has 0 aliphatic heterocycles. The SMILES string of the molecule is c1cc[nH]c1.c1ccc2n[nH]nc2c1. The van der Waals surface area contributed by atoms with Crippen LogP contribution in [0.3, 0.4) is 0 Å². The van der Waals surface area contributed by atoms with E-state index in [9.17, 15) is 0 Å². The number of hydrogen-bond acceptors (Lipinski definition) is 2. The molecule has 2 N–H and O–H groups in total. The van der Waals surface area contributed by atoms with Crippen molar-refractivity contribution < 1.29 is 0 Å². The Morgan fingerprint density at radius 2 is 1.36 bits per heavy atom. The topological polar surface area (TPSA) is 57.4 Å². The number of fused-ring (bicyclic) bond motifs is 1. The summed E-state index contributed by atoms with van der Waals surface area (Å²) < 4.78 is 0. The van der Waals surface area contributed by atoms with Gasteiger partial charge in [-0.05, 0) is 24.3 Å². The summed E-state index contributed by atoms with van der Waals surface area (Å²) in [5.41, 5.74) is 1.83. The first-order valence-electron chi connectivity index (χ1n) is 4.30. The third-order valence-electron chi connectivity index (χ3n) is 1.72. The average molecular weight is 186 g/mol. The second-order valence-corrected chi connectivity index (χ2v) is 2.70. The number of nitrogens with one attached hydrogen (secondary N) is 2. The van der Waals surface area contributed by atoms with Crippen LogP contribution in [0.5, 0.6) is 0 Å². The van der Waals surface area contributed by atoms with Crippen molar-refractivity contribution in [1.82, 2.24) is 20.4 Å². The van der Waals surface area contributed by atoms with Gasteiger partial charge >= 0.3 is 0 Å². The largest absolute Gasteiger partial charge is 0.368 e. The molecule has 4 nitrogen and oxygen atoms in total. The number of H-pyrrole nitrogens is 2. The lowest BCUT2D eigenvalue weighted by Crippen LogP contribution is -1.63. The molecule has 2 heterocycles. The summed E-state index contributed by atoms with van der Waals surface area (Å²) in [6, 6.07) is 11.6. The molecular formula is C10H10N4. The minimum atomic E-state index is 0.914. The van der Waals surface area contributed by atoms with E-state index in [1.165, 1.54) is 0 Å². The third kappa shape index (κ3) is 1.98. The molecule has 3 aromatic rings. The Labute approximate surface area is 81.0 Å². The Balaban J connectivity index is 0.000000128. The highest BCUT2D eigenvalue weighted by Gasteiger charge is 1.90. The lowest BCUT2D eigenvalue weighted by Gasteiger charge is -1.78. The van der Waals surface area contributed by atoms with E-state index in [1.54, 1.807) is 0 Å². The molecule has 70 valence electrons. The third-order valence-corrected chi connectivity index (χ3v) is 1.72. The average Bonchev–Trinajstić information content (AvgIpc) is 2.92. The van der Waals surface area contributed by atoms with Gasteiger partial charge in [0.2, 0.25) is 0 Å². The summed E-state index contributed by atoms with van der Waals surface area (Å²) in [5, 5.41) is 10.3. The molecule has 0 amide bonds. The maximum Gasteiger partial charge on any atom is 0.112 e. The van der Waals surface area contributed by atoms with Gasteiger partial charge in [-0.15, -0.1) is 0 Å². The Morgan fingerprint density at radius 3 is 1.79 bits per heavy atom. The van der Waals surface area contributed by atoms with Crippen LogP contribution >= 0.6 is 0 Å². The Kier molecular flexibility index (Phi) is 2.56. The van der Waals surface area contributed by atoms with Gasteiger partial charge in [-0.2, -0.15) is 15.4 Å². The van der Waals surface area contributed by atoms with E-state index in [2.05, 4.69) is 20.4 Å². The summed E-state index contributed by atoms with van der Waals surface area (Å²) in [6.45, 7) is 0. The maximum absolute atomic E-state index is 3.88. The first kappa shape index (κ1) is 8.50. The van der Waals surface area contributed by atoms with Crippen LogP contribution in [0.15, 0.2) is 48.8 Å². The summed E-state index contributed by atoms with van der Waals surface area (Å²) in [6.07, 6.45) is 3.75. The molecule has 0 saturated carbocycles. The first-order chi connectivity index (χ1) is 6.97. The van der Waals surface area contributed by atoms with Crippen LogP contribution in [0, 0.1) is 0 Å². The molecule has 4 heteroatoms. The Hall–Kier alpha value is -2.10. The van der Waals surface area contributed by atoms with Gasteiger partial charge in [0.1, 0.15) is 11.0 Å². The minimum absolute atomic E-state index is 0.914. The van der Waals surface area contributed by atoms with Crippen LogP contribution in [0.1, 0.15) is 0 Å².